The van der Waals surface area contributed by atoms with Crippen molar-refractivity contribution in [1.29, 1.82) is 0 Å². The van der Waals surface area contributed by atoms with Gasteiger partial charge in [0.15, 0.2) is 17.5 Å². The Hall–Kier alpha value is -3.01. The summed E-state index contributed by atoms with van der Waals surface area (Å²) in [5, 5.41) is 7.26. The number of thiazole rings is 1. The molecule has 0 amide bonds. The molecule has 0 saturated heterocycles. The van der Waals surface area contributed by atoms with Gasteiger partial charge >= 0.3 is 5.97 Å². The van der Waals surface area contributed by atoms with E-state index in [0.717, 1.165) is 10.8 Å². The second kappa shape index (κ2) is 10.1. The summed E-state index contributed by atoms with van der Waals surface area (Å²) in [7, 11) is 1.69. The lowest BCUT2D eigenvalue weighted by Crippen LogP contribution is -2.40. The molecule has 0 radical (unpaired) electrons. The van der Waals surface area contributed by atoms with Gasteiger partial charge in [0.05, 0.1) is 24.9 Å². The van der Waals surface area contributed by atoms with Crippen molar-refractivity contribution < 1.29 is 23.7 Å². The first-order valence-corrected chi connectivity index (χ1v) is 10.5. The zero-order valence-electron chi connectivity index (χ0n) is 17.5. The molecule has 10 heteroatoms. The molecule has 0 fully saturated rings. The second-order valence-electron chi connectivity index (χ2n) is 6.42. The molecule has 1 aromatic carbocycles. The monoisotopic (exact) mass is 434 g/mol. The molecule has 1 aliphatic heterocycles. The summed E-state index contributed by atoms with van der Waals surface area (Å²) in [5.74, 6) is 2.40. The Labute approximate surface area is 179 Å². The predicted molar refractivity (Wildman–Crippen MR) is 114 cm³/mol. The summed E-state index contributed by atoms with van der Waals surface area (Å²) in [5.41, 5.74) is 0.669. The van der Waals surface area contributed by atoms with E-state index in [0.29, 0.717) is 47.8 Å². The Kier molecular flexibility index (Phi) is 7.34. The number of hydrogen-bond acceptors (Lipinski definition) is 8. The fourth-order valence-electron chi connectivity index (χ4n) is 2.75. The molecule has 1 aromatic heterocycles. The zero-order chi connectivity index (χ0) is 21.5. The predicted octanol–water partition coefficient (Wildman–Crippen LogP) is 2.66. The van der Waals surface area contributed by atoms with E-state index in [1.165, 1.54) is 11.3 Å². The largest absolute Gasteiger partial charge is 0.492 e. The molecule has 1 unspecified atom stereocenters. The van der Waals surface area contributed by atoms with E-state index in [1.807, 2.05) is 25.1 Å². The van der Waals surface area contributed by atoms with Crippen molar-refractivity contribution in [3.63, 3.8) is 0 Å². The Morgan fingerprint density at radius 1 is 1.37 bits per heavy atom. The number of guanidine groups is 1. The second-order valence-corrected chi connectivity index (χ2v) is 7.45. The number of benzene rings is 1. The van der Waals surface area contributed by atoms with Gasteiger partial charge in [0.25, 0.3) is 0 Å². The van der Waals surface area contributed by atoms with Gasteiger partial charge in [-0.15, -0.1) is 11.3 Å². The molecule has 162 valence electrons. The summed E-state index contributed by atoms with van der Waals surface area (Å²) >= 11 is 1.33. The average Bonchev–Trinajstić information content (AvgIpc) is 3.36. The van der Waals surface area contributed by atoms with Gasteiger partial charge in [0.1, 0.15) is 22.2 Å². The van der Waals surface area contributed by atoms with Gasteiger partial charge in [-0.3, -0.25) is 4.99 Å². The van der Waals surface area contributed by atoms with Crippen LogP contribution in [0.15, 0.2) is 23.2 Å². The Bertz CT molecular complexity index is 915. The van der Waals surface area contributed by atoms with Crippen molar-refractivity contribution >= 4 is 23.3 Å². The van der Waals surface area contributed by atoms with E-state index < -0.39 is 0 Å². The van der Waals surface area contributed by atoms with Crippen LogP contribution < -0.4 is 24.8 Å². The van der Waals surface area contributed by atoms with Crippen molar-refractivity contribution in [3.8, 4) is 17.2 Å². The minimum Gasteiger partial charge on any atom is -0.492 e. The number of rotatable bonds is 8. The van der Waals surface area contributed by atoms with Crippen LogP contribution >= 0.6 is 11.3 Å². The van der Waals surface area contributed by atoms with Gasteiger partial charge in [-0.1, -0.05) is 0 Å². The Balaban J connectivity index is 1.47. The molecule has 30 heavy (non-hydrogen) atoms. The maximum Gasteiger partial charge on any atom is 0.350 e. The number of ether oxygens (including phenoxy) is 4. The van der Waals surface area contributed by atoms with E-state index in [-0.39, 0.29) is 18.8 Å². The van der Waals surface area contributed by atoms with Crippen LogP contribution in [0.3, 0.4) is 0 Å². The lowest BCUT2D eigenvalue weighted by molar-refractivity contribution is 0.0531. The third-order valence-electron chi connectivity index (χ3n) is 4.23. The molecule has 2 N–H and O–H groups in total. The fourth-order valence-corrected chi connectivity index (χ4v) is 3.72. The third-order valence-corrected chi connectivity index (χ3v) is 5.55. The standard InChI is InChI=1S/C20H26N4O5S/c1-5-26-19(25)17-12(2)23-18(30-17)13(3)24-20(21-4)22-8-9-27-14-6-7-15-16(10-14)29-11-28-15/h6-7,10,13H,5,8-9,11H2,1-4H3,(H2,21,22,24). The molecule has 0 aliphatic carbocycles. The number of aliphatic imine (C=N–C) groups is 1. The Morgan fingerprint density at radius 2 is 2.17 bits per heavy atom. The van der Waals surface area contributed by atoms with Crippen molar-refractivity contribution in [2.24, 2.45) is 4.99 Å². The molecule has 1 aliphatic rings. The van der Waals surface area contributed by atoms with Gasteiger partial charge in [-0.2, -0.15) is 0 Å². The number of fused-ring (bicyclic) bond motifs is 1. The van der Waals surface area contributed by atoms with Gasteiger partial charge in [0.2, 0.25) is 6.79 Å². The highest BCUT2D eigenvalue weighted by Gasteiger charge is 2.20. The molecule has 9 nitrogen and oxygen atoms in total. The first-order chi connectivity index (χ1) is 14.5. The molecule has 0 spiro atoms. The lowest BCUT2D eigenvalue weighted by atomic mass is 10.3. The van der Waals surface area contributed by atoms with Gasteiger partial charge in [0, 0.05) is 13.1 Å². The van der Waals surface area contributed by atoms with Crippen LogP contribution in [0.2, 0.25) is 0 Å². The first-order valence-electron chi connectivity index (χ1n) is 9.65. The van der Waals surface area contributed by atoms with E-state index >= 15 is 0 Å². The number of carbonyl (C=O) groups excluding carboxylic acids is 1. The molecule has 2 aromatic rings. The van der Waals surface area contributed by atoms with Gasteiger partial charge in [-0.05, 0) is 32.9 Å². The number of aromatic nitrogens is 1. The van der Waals surface area contributed by atoms with Crippen LogP contribution in [0.4, 0.5) is 0 Å². The maximum absolute atomic E-state index is 12.0. The van der Waals surface area contributed by atoms with Crippen molar-refractivity contribution in [2.45, 2.75) is 26.8 Å². The minimum absolute atomic E-state index is 0.127. The highest BCUT2D eigenvalue weighted by molar-refractivity contribution is 7.13. The minimum atomic E-state index is -0.339. The van der Waals surface area contributed by atoms with Gasteiger partial charge < -0.3 is 29.6 Å². The highest BCUT2D eigenvalue weighted by atomic mass is 32.1. The topological polar surface area (TPSA) is 103 Å². The van der Waals surface area contributed by atoms with Crippen LogP contribution in [0, 0.1) is 6.92 Å². The number of aryl methyl sites for hydroxylation is 1. The summed E-state index contributed by atoms with van der Waals surface area (Å²) in [6.07, 6.45) is 0. The van der Waals surface area contributed by atoms with Gasteiger partial charge in [-0.25, -0.2) is 9.78 Å². The SMILES string of the molecule is CCOC(=O)c1sc(C(C)NC(=NC)NCCOc2ccc3c(c2)OCO3)nc1C. The van der Waals surface area contributed by atoms with E-state index in [9.17, 15) is 4.79 Å². The number of carbonyl (C=O) groups is 1. The zero-order valence-corrected chi connectivity index (χ0v) is 18.3. The van der Waals surface area contributed by atoms with Crippen LogP contribution in [0.5, 0.6) is 17.2 Å². The Morgan fingerprint density at radius 3 is 2.93 bits per heavy atom. The quantitative estimate of drug-likeness (QED) is 0.283. The fraction of sp³-hybridized carbons (Fsp3) is 0.450. The first kappa shape index (κ1) is 21.7. The van der Waals surface area contributed by atoms with E-state index in [4.69, 9.17) is 18.9 Å². The molecule has 1 atom stereocenters. The molecule has 0 bridgehead atoms. The number of nitrogens with zero attached hydrogens (tertiary/aromatic N) is 2. The maximum atomic E-state index is 12.0. The van der Waals surface area contributed by atoms with E-state index in [2.05, 4.69) is 20.6 Å². The number of esters is 1. The summed E-state index contributed by atoms with van der Waals surface area (Å²) < 4.78 is 21.5. The van der Waals surface area contributed by atoms with Crippen molar-refractivity contribution in [1.82, 2.24) is 15.6 Å². The van der Waals surface area contributed by atoms with E-state index in [1.54, 1.807) is 20.9 Å². The summed E-state index contributed by atoms with van der Waals surface area (Å²) in [6, 6.07) is 5.35. The molecular formula is C20H26N4O5S. The van der Waals surface area contributed by atoms with Crippen molar-refractivity contribution in [2.75, 3.05) is 33.6 Å². The van der Waals surface area contributed by atoms with Crippen LogP contribution in [-0.2, 0) is 4.74 Å². The smallest absolute Gasteiger partial charge is 0.350 e. The number of nitrogens with one attached hydrogen (secondary N) is 2. The molecular weight excluding hydrogens is 408 g/mol. The molecule has 2 heterocycles. The molecule has 0 saturated carbocycles. The van der Waals surface area contributed by atoms with Crippen LogP contribution in [-0.4, -0.2) is 50.5 Å². The van der Waals surface area contributed by atoms with Crippen LogP contribution in [0.1, 0.15) is 40.3 Å². The third kappa shape index (κ3) is 5.32. The number of hydrogen-bond donors (Lipinski definition) is 2. The summed E-state index contributed by atoms with van der Waals surface area (Å²) in [6.45, 7) is 7.11. The normalized spacial score (nSPS) is 13.7. The lowest BCUT2D eigenvalue weighted by Gasteiger charge is -2.16. The molecule has 3 rings (SSSR count). The van der Waals surface area contributed by atoms with Crippen molar-refractivity contribution in [3.05, 3.63) is 33.8 Å². The average molecular weight is 435 g/mol. The van der Waals surface area contributed by atoms with Crippen LogP contribution in [0.25, 0.3) is 0 Å². The highest BCUT2D eigenvalue weighted by Crippen LogP contribution is 2.35. The summed E-state index contributed by atoms with van der Waals surface area (Å²) in [4.78, 5) is 21.2.